The summed E-state index contributed by atoms with van der Waals surface area (Å²) in [6, 6.07) is 5.47. The lowest BCUT2D eigenvalue weighted by molar-refractivity contribution is 0.214. The maximum Gasteiger partial charge on any atom is 0.417 e. The van der Waals surface area contributed by atoms with Crippen molar-refractivity contribution in [3.8, 4) is 11.5 Å². The second-order valence-corrected chi connectivity index (χ2v) is 4.13. The summed E-state index contributed by atoms with van der Waals surface area (Å²) in [5.41, 5.74) is -1.50. The Bertz CT molecular complexity index is 720. The number of hydrogen-bond donors (Lipinski definition) is 1. The van der Waals surface area contributed by atoms with E-state index < -0.39 is 40.9 Å². The van der Waals surface area contributed by atoms with Crippen molar-refractivity contribution >= 4 is 11.8 Å². The Balaban J connectivity index is 2.20. The standard InChI is InChI=1S/C14H8F5NO3/c1-22-6-2-4-7(5-3-6)23-14(21)20-13-11(18)9(16)8(15)10(17)12(13)19/h2-5H,1H3,(H,20,21). The molecule has 9 heteroatoms. The molecular weight excluding hydrogens is 325 g/mol. The summed E-state index contributed by atoms with van der Waals surface area (Å²) in [4.78, 5) is 11.5. The van der Waals surface area contributed by atoms with Crippen LogP contribution in [-0.4, -0.2) is 13.2 Å². The van der Waals surface area contributed by atoms with Gasteiger partial charge in [0, 0.05) is 0 Å². The molecule has 2 aromatic carbocycles. The van der Waals surface area contributed by atoms with Crippen molar-refractivity contribution in [1.29, 1.82) is 0 Å². The Kier molecular flexibility index (Phi) is 4.68. The number of nitrogens with one attached hydrogen (secondary N) is 1. The van der Waals surface area contributed by atoms with E-state index in [0.717, 1.165) is 0 Å². The van der Waals surface area contributed by atoms with Gasteiger partial charge in [0.05, 0.1) is 7.11 Å². The number of carbonyl (C=O) groups excluding carboxylic acids is 1. The molecule has 0 fully saturated rings. The molecule has 23 heavy (non-hydrogen) atoms. The number of anilines is 1. The van der Waals surface area contributed by atoms with Gasteiger partial charge in [-0.1, -0.05) is 0 Å². The van der Waals surface area contributed by atoms with Crippen molar-refractivity contribution in [3.63, 3.8) is 0 Å². The third-order valence-corrected chi connectivity index (χ3v) is 2.71. The Morgan fingerprint density at radius 2 is 1.26 bits per heavy atom. The summed E-state index contributed by atoms with van der Waals surface area (Å²) in [7, 11) is 1.41. The topological polar surface area (TPSA) is 47.6 Å². The van der Waals surface area contributed by atoms with Gasteiger partial charge in [-0.2, -0.15) is 0 Å². The normalized spacial score (nSPS) is 10.3. The first-order valence-corrected chi connectivity index (χ1v) is 5.99. The van der Waals surface area contributed by atoms with Gasteiger partial charge >= 0.3 is 6.09 Å². The molecule has 0 saturated carbocycles. The van der Waals surface area contributed by atoms with E-state index in [4.69, 9.17) is 4.74 Å². The molecule has 0 aliphatic rings. The van der Waals surface area contributed by atoms with Crippen LogP contribution in [-0.2, 0) is 0 Å². The fraction of sp³-hybridized carbons (Fsp3) is 0.0714. The predicted octanol–water partition coefficient (Wildman–Crippen LogP) is 4.00. The molecule has 0 atom stereocenters. The first-order chi connectivity index (χ1) is 10.8. The van der Waals surface area contributed by atoms with Gasteiger partial charge in [-0.25, -0.2) is 26.7 Å². The molecule has 2 aromatic rings. The van der Waals surface area contributed by atoms with Gasteiger partial charge < -0.3 is 9.47 Å². The average Bonchev–Trinajstić information content (AvgIpc) is 2.56. The van der Waals surface area contributed by atoms with E-state index in [0.29, 0.717) is 5.75 Å². The lowest BCUT2D eigenvalue weighted by Gasteiger charge is -2.10. The fourth-order valence-corrected chi connectivity index (χ4v) is 1.59. The van der Waals surface area contributed by atoms with Gasteiger partial charge in [0.1, 0.15) is 17.2 Å². The Morgan fingerprint density at radius 1 is 0.826 bits per heavy atom. The first-order valence-electron chi connectivity index (χ1n) is 5.99. The zero-order chi connectivity index (χ0) is 17.1. The zero-order valence-corrected chi connectivity index (χ0v) is 11.4. The maximum atomic E-state index is 13.4. The van der Waals surface area contributed by atoms with Crippen LogP contribution in [0.2, 0.25) is 0 Å². The summed E-state index contributed by atoms with van der Waals surface area (Å²) in [5, 5.41) is 1.48. The van der Waals surface area contributed by atoms with Crippen LogP contribution in [0.3, 0.4) is 0 Å². The van der Waals surface area contributed by atoms with Gasteiger partial charge in [0.25, 0.3) is 0 Å². The molecule has 0 bridgehead atoms. The van der Waals surface area contributed by atoms with Gasteiger partial charge in [0.2, 0.25) is 5.82 Å². The summed E-state index contributed by atoms with van der Waals surface area (Å²) < 4.78 is 75.2. The van der Waals surface area contributed by atoms with Crippen LogP contribution in [0.1, 0.15) is 0 Å². The van der Waals surface area contributed by atoms with Crippen LogP contribution in [0.4, 0.5) is 32.4 Å². The fourth-order valence-electron chi connectivity index (χ4n) is 1.59. The van der Waals surface area contributed by atoms with Crippen molar-refractivity contribution in [1.82, 2.24) is 0 Å². The molecule has 2 rings (SSSR count). The van der Waals surface area contributed by atoms with Crippen LogP contribution < -0.4 is 14.8 Å². The number of halogens is 5. The molecule has 0 unspecified atom stereocenters. The highest BCUT2D eigenvalue weighted by atomic mass is 19.2. The van der Waals surface area contributed by atoms with Gasteiger partial charge in [0.15, 0.2) is 23.3 Å². The van der Waals surface area contributed by atoms with Crippen LogP contribution >= 0.6 is 0 Å². The van der Waals surface area contributed by atoms with Gasteiger partial charge in [-0.3, -0.25) is 5.32 Å². The lowest BCUT2D eigenvalue weighted by atomic mass is 10.2. The summed E-state index contributed by atoms with van der Waals surface area (Å²) in [6.45, 7) is 0. The second kappa shape index (κ2) is 6.51. The molecule has 0 aliphatic heterocycles. The minimum absolute atomic E-state index is 0.0350. The molecule has 0 aromatic heterocycles. The molecule has 1 amide bonds. The molecule has 0 radical (unpaired) electrons. The van der Waals surface area contributed by atoms with Crippen LogP contribution in [0.15, 0.2) is 24.3 Å². The number of methoxy groups -OCH3 is 1. The quantitative estimate of drug-likeness (QED) is 0.525. The van der Waals surface area contributed by atoms with Gasteiger partial charge in [-0.15, -0.1) is 0 Å². The van der Waals surface area contributed by atoms with Crippen molar-refractivity contribution < 1.29 is 36.2 Å². The van der Waals surface area contributed by atoms with Crippen molar-refractivity contribution in [2.75, 3.05) is 12.4 Å². The molecule has 0 saturated heterocycles. The SMILES string of the molecule is COc1ccc(OC(=O)Nc2c(F)c(F)c(F)c(F)c2F)cc1. The Labute approximate surface area is 126 Å². The van der Waals surface area contributed by atoms with Crippen LogP contribution in [0.25, 0.3) is 0 Å². The minimum atomic E-state index is -2.32. The van der Waals surface area contributed by atoms with Crippen molar-refractivity contribution in [2.24, 2.45) is 0 Å². The predicted molar refractivity (Wildman–Crippen MR) is 68.9 cm³/mol. The van der Waals surface area contributed by atoms with E-state index in [-0.39, 0.29) is 5.75 Å². The largest absolute Gasteiger partial charge is 0.497 e. The zero-order valence-electron chi connectivity index (χ0n) is 11.4. The number of ether oxygens (including phenoxy) is 2. The number of hydrogen-bond acceptors (Lipinski definition) is 3. The minimum Gasteiger partial charge on any atom is -0.497 e. The number of amides is 1. The van der Waals surface area contributed by atoms with Crippen LogP contribution in [0, 0.1) is 29.1 Å². The second-order valence-electron chi connectivity index (χ2n) is 4.13. The van der Waals surface area contributed by atoms with E-state index in [2.05, 4.69) is 4.74 Å². The Hall–Kier alpha value is -2.84. The summed E-state index contributed by atoms with van der Waals surface area (Å²) in [6.07, 6.45) is -1.43. The summed E-state index contributed by atoms with van der Waals surface area (Å²) in [5.74, 6) is -10.6. The monoisotopic (exact) mass is 333 g/mol. The smallest absolute Gasteiger partial charge is 0.417 e. The summed E-state index contributed by atoms with van der Waals surface area (Å²) >= 11 is 0. The van der Waals surface area contributed by atoms with Crippen molar-refractivity contribution in [2.45, 2.75) is 0 Å². The number of benzene rings is 2. The highest BCUT2D eigenvalue weighted by Crippen LogP contribution is 2.27. The highest BCUT2D eigenvalue weighted by Gasteiger charge is 2.27. The molecule has 0 heterocycles. The number of carbonyl (C=O) groups is 1. The van der Waals surface area contributed by atoms with Crippen molar-refractivity contribution in [3.05, 3.63) is 53.4 Å². The van der Waals surface area contributed by atoms with E-state index in [9.17, 15) is 26.7 Å². The Morgan fingerprint density at radius 3 is 1.74 bits per heavy atom. The molecule has 4 nitrogen and oxygen atoms in total. The lowest BCUT2D eigenvalue weighted by Crippen LogP contribution is -2.20. The third-order valence-electron chi connectivity index (χ3n) is 2.71. The van der Waals surface area contributed by atoms with E-state index in [1.807, 2.05) is 0 Å². The average molecular weight is 333 g/mol. The highest BCUT2D eigenvalue weighted by molar-refractivity contribution is 5.86. The molecule has 122 valence electrons. The molecule has 0 aliphatic carbocycles. The van der Waals surface area contributed by atoms with E-state index in [1.165, 1.54) is 36.7 Å². The first kappa shape index (κ1) is 16.5. The van der Waals surface area contributed by atoms with Crippen LogP contribution in [0.5, 0.6) is 11.5 Å². The third kappa shape index (κ3) is 3.33. The maximum absolute atomic E-state index is 13.4. The van der Waals surface area contributed by atoms with Gasteiger partial charge in [-0.05, 0) is 24.3 Å². The molecule has 0 spiro atoms. The van der Waals surface area contributed by atoms with E-state index in [1.54, 1.807) is 0 Å². The molecule has 1 N–H and O–H groups in total. The van der Waals surface area contributed by atoms with E-state index >= 15 is 0 Å². The molecular formula is C14H8F5NO3. The number of rotatable bonds is 3.